The lowest BCUT2D eigenvalue weighted by Crippen LogP contribution is -2.39. The van der Waals surface area contributed by atoms with Gasteiger partial charge in [-0.15, -0.1) is 0 Å². The lowest BCUT2D eigenvalue weighted by Gasteiger charge is -2.24. The number of rotatable bonds is 2. The summed E-state index contributed by atoms with van der Waals surface area (Å²) in [5.74, 6) is 0.760. The SMILES string of the molecule is CCc1nnc(C)cc1C(=O)N1CC[C@H]2CNC[C@H]21. The number of carbonyl (C=O) groups is 1. The summed E-state index contributed by atoms with van der Waals surface area (Å²) in [6, 6.07) is 2.25. The zero-order valence-corrected chi connectivity index (χ0v) is 11.5. The van der Waals surface area contributed by atoms with Gasteiger partial charge in [0.1, 0.15) is 0 Å². The van der Waals surface area contributed by atoms with E-state index in [1.54, 1.807) is 0 Å². The third-order valence-electron chi connectivity index (χ3n) is 4.26. The second kappa shape index (κ2) is 4.89. The average molecular weight is 260 g/mol. The van der Waals surface area contributed by atoms with Gasteiger partial charge in [-0.2, -0.15) is 10.2 Å². The van der Waals surface area contributed by atoms with Gasteiger partial charge in [-0.05, 0) is 31.7 Å². The molecule has 102 valence electrons. The highest BCUT2D eigenvalue weighted by atomic mass is 16.2. The number of aryl methyl sites for hydroxylation is 2. The van der Waals surface area contributed by atoms with E-state index in [1.165, 1.54) is 0 Å². The zero-order chi connectivity index (χ0) is 13.4. The fourth-order valence-electron chi connectivity index (χ4n) is 3.22. The van der Waals surface area contributed by atoms with Crippen LogP contribution < -0.4 is 5.32 Å². The van der Waals surface area contributed by atoms with E-state index < -0.39 is 0 Å². The van der Waals surface area contributed by atoms with Crippen molar-refractivity contribution in [1.82, 2.24) is 20.4 Å². The van der Waals surface area contributed by atoms with Gasteiger partial charge in [-0.3, -0.25) is 4.79 Å². The summed E-state index contributed by atoms with van der Waals surface area (Å²) in [6.45, 7) is 6.74. The van der Waals surface area contributed by atoms with Gasteiger partial charge in [0.25, 0.3) is 5.91 Å². The van der Waals surface area contributed by atoms with Crippen LogP contribution in [-0.2, 0) is 6.42 Å². The molecule has 0 spiro atoms. The van der Waals surface area contributed by atoms with Crippen molar-refractivity contribution < 1.29 is 4.79 Å². The summed E-state index contributed by atoms with van der Waals surface area (Å²) < 4.78 is 0. The maximum absolute atomic E-state index is 12.8. The van der Waals surface area contributed by atoms with Crippen LogP contribution in [0.1, 0.15) is 35.1 Å². The van der Waals surface area contributed by atoms with Crippen LogP contribution in [0, 0.1) is 12.8 Å². The molecule has 0 saturated carbocycles. The Morgan fingerprint density at radius 3 is 3.11 bits per heavy atom. The Labute approximate surface area is 113 Å². The molecule has 0 radical (unpaired) electrons. The standard InChI is InChI=1S/C14H20N4O/c1-3-12-11(6-9(2)16-17-12)14(19)18-5-4-10-7-15-8-13(10)18/h6,10,13,15H,3-5,7-8H2,1-2H3/t10-,13+/m0/s1. The van der Waals surface area contributed by atoms with E-state index in [-0.39, 0.29) is 5.91 Å². The van der Waals surface area contributed by atoms with Crippen LogP contribution in [-0.4, -0.2) is 46.7 Å². The molecular weight excluding hydrogens is 240 g/mol. The van der Waals surface area contributed by atoms with Crippen molar-refractivity contribution in [2.45, 2.75) is 32.7 Å². The third-order valence-corrected chi connectivity index (χ3v) is 4.26. The first kappa shape index (κ1) is 12.5. The number of nitrogens with one attached hydrogen (secondary N) is 1. The highest BCUT2D eigenvalue weighted by Gasteiger charge is 2.40. The summed E-state index contributed by atoms with van der Waals surface area (Å²) in [4.78, 5) is 14.8. The lowest BCUT2D eigenvalue weighted by atomic mass is 10.0. The fourth-order valence-corrected chi connectivity index (χ4v) is 3.22. The third kappa shape index (κ3) is 2.12. The van der Waals surface area contributed by atoms with Crippen molar-refractivity contribution in [2.24, 2.45) is 5.92 Å². The molecule has 2 atom stereocenters. The molecule has 3 heterocycles. The van der Waals surface area contributed by atoms with E-state index in [1.807, 2.05) is 24.8 Å². The molecule has 1 aromatic rings. The summed E-state index contributed by atoms with van der Waals surface area (Å²) >= 11 is 0. The topological polar surface area (TPSA) is 58.1 Å². The maximum Gasteiger partial charge on any atom is 0.256 e. The van der Waals surface area contributed by atoms with E-state index in [2.05, 4.69) is 15.5 Å². The van der Waals surface area contributed by atoms with Crippen molar-refractivity contribution >= 4 is 5.91 Å². The largest absolute Gasteiger partial charge is 0.334 e. The molecule has 3 rings (SSSR count). The lowest BCUT2D eigenvalue weighted by molar-refractivity contribution is 0.0735. The monoisotopic (exact) mass is 260 g/mol. The number of aromatic nitrogens is 2. The predicted molar refractivity (Wildman–Crippen MR) is 71.9 cm³/mol. The molecule has 2 aliphatic rings. The molecule has 5 nitrogen and oxygen atoms in total. The van der Waals surface area contributed by atoms with Crippen molar-refractivity contribution in [1.29, 1.82) is 0 Å². The highest BCUT2D eigenvalue weighted by Crippen LogP contribution is 2.29. The van der Waals surface area contributed by atoms with Crippen LogP contribution in [0.5, 0.6) is 0 Å². The number of nitrogens with zero attached hydrogens (tertiary/aromatic N) is 3. The molecule has 1 N–H and O–H groups in total. The van der Waals surface area contributed by atoms with Crippen molar-refractivity contribution in [3.05, 3.63) is 23.0 Å². The quantitative estimate of drug-likeness (QED) is 0.854. The fraction of sp³-hybridized carbons (Fsp3) is 0.643. The van der Waals surface area contributed by atoms with Crippen LogP contribution in [0.15, 0.2) is 6.07 Å². The molecule has 19 heavy (non-hydrogen) atoms. The number of likely N-dealkylation sites (tertiary alicyclic amines) is 1. The second-order valence-electron chi connectivity index (χ2n) is 5.47. The minimum absolute atomic E-state index is 0.131. The van der Waals surface area contributed by atoms with E-state index in [9.17, 15) is 4.79 Å². The molecule has 0 aromatic carbocycles. The van der Waals surface area contributed by atoms with Gasteiger partial charge < -0.3 is 10.2 Å². The van der Waals surface area contributed by atoms with Crippen LogP contribution in [0.4, 0.5) is 0 Å². The van der Waals surface area contributed by atoms with E-state index in [0.29, 0.717) is 12.0 Å². The minimum Gasteiger partial charge on any atom is -0.334 e. The summed E-state index contributed by atoms with van der Waals surface area (Å²) in [5, 5.41) is 11.6. The van der Waals surface area contributed by atoms with E-state index >= 15 is 0 Å². The first-order chi connectivity index (χ1) is 9.20. The van der Waals surface area contributed by atoms with Gasteiger partial charge in [0.05, 0.1) is 17.0 Å². The second-order valence-corrected chi connectivity index (χ2v) is 5.47. The van der Waals surface area contributed by atoms with Crippen molar-refractivity contribution in [3.8, 4) is 0 Å². The Kier molecular flexibility index (Phi) is 3.22. The summed E-state index contributed by atoms with van der Waals surface area (Å²) in [6.07, 6.45) is 1.86. The van der Waals surface area contributed by atoms with Gasteiger partial charge in [0, 0.05) is 25.7 Å². The Morgan fingerprint density at radius 2 is 2.32 bits per heavy atom. The highest BCUT2D eigenvalue weighted by molar-refractivity contribution is 5.95. The van der Waals surface area contributed by atoms with E-state index in [4.69, 9.17) is 0 Å². The smallest absolute Gasteiger partial charge is 0.256 e. The van der Waals surface area contributed by atoms with Gasteiger partial charge in [0.2, 0.25) is 0 Å². The molecule has 2 saturated heterocycles. The first-order valence-corrected chi connectivity index (χ1v) is 7.05. The van der Waals surface area contributed by atoms with Crippen molar-refractivity contribution in [3.63, 3.8) is 0 Å². The van der Waals surface area contributed by atoms with Gasteiger partial charge in [-0.1, -0.05) is 6.92 Å². The molecular formula is C14H20N4O. The number of amides is 1. The first-order valence-electron chi connectivity index (χ1n) is 7.05. The number of hydrogen-bond acceptors (Lipinski definition) is 4. The molecule has 0 unspecified atom stereocenters. The Balaban J connectivity index is 1.89. The van der Waals surface area contributed by atoms with Crippen LogP contribution in [0.3, 0.4) is 0 Å². The maximum atomic E-state index is 12.8. The number of hydrogen-bond donors (Lipinski definition) is 1. The molecule has 2 fully saturated rings. The molecule has 1 aromatic heterocycles. The van der Waals surface area contributed by atoms with Gasteiger partial charge in [0.15, 0.2) is 0 Å². The summed E-state index contributed by atoms with van der Waals surface area (Å²) in [5.41, 5.74) is 2.36. The molecule has 2 aliphatic heterocycles. The Morgan fingerprint density at radius 1 is 1.47 bits per heavy atom. The molecule has 0 aliphatic carbocycles. The normalized spacial score (nSPS) is 25.7. The molecule has 0 bridgehead atoms. The Hall–Kier alpha value is -1.49. The summed E-state index contributed by atoms with van der Waals surface area (Å²) in [7, 11) is 0. The van der Waals surface area contributed by atoms with Crippen molar-refractivity contribution in [2.75, 3.05) is 19.6 Å². The van der Waals surface area contributed by atoms with Gasteiger partial charge >= 0.3 is 0 Å². The van der Waals surface area contributed by atoms with Crippen LogP contribution in [0.2, 0.25) is 0 Å². The van der Waals surface area contributed by atoms with E-state index in [0.717, 1.165) is 49.4 Å². The van der Waals surface area contributed by atoms with Gasteiger partial charge in [-0.25, -0.2) is 0 Å². The van der Waals surface area contributed by atoms with Crippen LogP contribution >= 0.6 is 0 Å². The number of carbonyl (C=O) groups excluding carboxylic acids is 1. The average Bonchev–Trinajstić information content (AvgIpc) is 3.00. The predicted octanol–water partition coefficient (Wildman–Crippen LogP) is 0.781. The molecule has 5 heteroatoms. The zero-order valence-electron chi connectivity index (χ0n) is 11.5. The molecule has 1 amide bonds. The Bertz CT molecular complexity index is 502. The minimum atomic E-state index is 0.131. The number of fused-ring (bicyclic) bond motifs is 1. The van der Waals surface area contributed by atoms with Crippen LogP contribution in [0.25, 0.3) is 0 Å².